The normalized spacial score (nSPS) is 14.0. The number of rotatable bonds is 3. The molecule has 0 aromatic heterocycles. The summed E-state index contributed by atoms with van der Waals surface area (Å²) in [6, 6.07) is 0.190. The molecule has 0 heterocycles. The number of hydrogen-bond donors (Lipinski definition) is 1. The van der Waals surface area contributed by atoms with Crippen molar-refractivity contribution in [2.75, 3.05) is 0 Å². The third kappa shape index (κ3) is 3.88. The standard InChI is InChI=1S/C7H15N/c1-4-7(8)5-6(2)3/h4,6-7H,1,5,8H2,2-3H3/t7-/m0/s1. The lowest BCUT2D eigenvalue weighted by Crippen LogP contribution is -2.18. The lowest BCUT2D eigenvalue weighted by molar-refractivity contribution is 0.547. The molecule has 1 atom stereocenters. The highest BCUT2D eigenvalue weighted by atomic mass is 14.6. The minimum Gasteiger partial charge on any atom is -0.324 e. The molecule has 0 aliphatic heterocycles. The van der Waals surface area contributed by atoms with E-state index in [0.29, 0.717) is 5.92 Å². The van der Waals surface area contributed by atoms with E-state index in [9.17, 15) is 0 Å². The van der Waals surface area contributed by atoms with Crippen molar-refractivity contribution < 1.29 is 0 Å². The quantitative estimate of drug-likeness (QED) is 0.552. The van der Waals surface area contributed by atoms with Crippen LogP contribution in [0, 0.1) is 5.92 Å². The third-order valence-electron chi connectivity index (χ3n) is 1.05. The summed E-state index contributed by atoms with van der Waals surface area (Å²) in [4.78, 5) is 0. The molecule has 1 nitrogen and oxygen atoms in total. The van der Waals surface area contributed by atoms with Gasteiger partial charge in [-0.1, -0.05) is 19.9 Å². The SMILES string of the molecule is C=C[C@H](N)CC(C)C. The molecule has 0 bridgehead atoms. The van der Waals surface area contributed by atoms with E-state index in [1.165, 1.54) is 0 Å². The lowest BCUT2D eigenvalue weighted by Gasteiger charge is -2.07. The first-order chi connectivity index (χ1) is 3.66. The van der Waals surface area contributed by atoms with E-state index >= 15 is 0 Å². The average Bonchev–Trinajstić information content (AvgIpc) is 1.65. The van der Waals surface area contributed by atoms with Gasteiger partial charge in [0.05, 0.1) is 0 Å². The predicted octanol–water partition coefficient (Wildman–Crippen LogP) is 1.55. The molecule has 0 saturated heterocycles. The van der Waals surface area contributed by atoms with Crippen LogP contribution in [0.15, 0.2) is 12.7 Å². The van der Waals surface area contributed by atoms with Crippen molar-refractivity contribution in [2.24, 2.45) is 11.7 Å². The Morgan fingerprint density at radius 3 is 2.25 bits per heavy atom. The Labute approximate surface area is 51.6 Å². The van der Waals surface area contributed by atoms with Crippen LogP contribution in [0.3, 0.4) is 0 Å². The molecule has 0 fully saturated rings. The molecule has 0 unspecified atom stereocenters. The second-order valence-electron chi connectivity index (χ2n) is 2.53. The maximum atomic E-state index is 5.56. The first-order valence-electron chi connectivity index (χ1n) is 3.05. The zero-order valence-corrected chi connectivity index (χ0v) is 5.72. The topological polar surface area (TPSA) is 26.0 Å². The van der Waals surface area contributed by atoms with Crippen molar-refractivity contribution in [3.05, 3.63) is 12.7 Å². The summed E-state index contributed by atoms with van der Waals surface area (Å²) in [5, 5.41) is 0. The number of hydrogen-bond acceptors (Lipinski definition) is 1. The van der Waals surface area contributed by atoms with Crippen LogP contribution in [0.2, 0.25) is 0 Å². The van der Waals surface area contributed by atoms with Gasteiger partial charge in [0.2, 0.25) is 0 Å². The van der Waals surface area contributed by atoms with Gasteiger partial charge in [-0.15, -0.1) is 6.58 Å². The molecule has 0 saturated carbocycles. The van der Waals surface area contributed by atoms with Crippen molar-refractivity contribution in [3.8, 4) is 0 Å². The van der Waals surface area contributed by atoms with Crippen LogP contribution >= 0.6 is 0 Å². The van der Waals surface area contributed by atoms with E-state index in [0.717, 1.165) is 6.42 Å². The first kappa shape index (κ1) is 7.70. The number of nitrogens with two attached hydrogens (primary N) is 1. The van der Waals surface area contributed by atoms with Crippen molar-refractivity contribution >= 4 is 0 Å². The maximum absolute atomic E-state index is 5.56. The van der Waals surface area contributed by atoms with Crippen molar-refractivity contribution in [2.45, 2.75) is 26.3 Å². The molecule has 0 spiro atoms. The van der Waals surface area contributed by atoms with Gasteiger partial charge in [0, 0.05) is 6.04 Å². The molecule has 0 radical (unpaired) electrons. The zero-order chi connectivity index (χ0) is 6.57. The molecule has 8 heavy (non-hydrogen) atoms. The summed E-state index contributed by atoms with van der Waals surface area (Å²) in [5.74, 6) is 0.683. The molecule has 0 aromatic rings. The molecule has 48 valence electrons. The zero-order valence-electron chi connectivity index (χ0n) is 5.72. The highest BCUT2D eigenvalue weighted by molar-refractivity contribution is 4.82. The van der Waals surface area contributed by atoms with Gasteiger partial charge in [-0.3, -0.25) is 0 Å². The largest absolute Gasteiger partial charge is 0.324 e. The van der Waals surface area contributed by atoms with Crippen LogP contribution in [0.25, 0.3) is 0 Å². The van der Waals surface area contributed by atoms with E-state index in [1.54, 1.807) is 6.08 Å². The van der Waals surface area contributed by atoms with Crippen LogP contribution in [0.1, 0.15) is 20.3 Å². The van der Waals surface area contributed by atoms with Crippen molar-refractivity contribution in [3.63, 3.8) is 0 Å². The molecule has 0 aromatic carbocycles. The third-order valence-corrected chi connectivity index (χ3v) is 1.05. The molecule has 2 N–H and O–H groups in total. The van der Waals surface area contributed by atoms with Gasteiger partial charge in [-0.05, 0) is 12.3 Å². The van der Waals surface area contributed by atoms with Gasteiger partial charge < -0.3 is 5.73 Å². The van der Waals surface area contributed by atoms with E-state index in [4.69, 9.17) is 5.73 Å². The van der Waals surface area contributed by atoms with Crippen LogP contribution in [-0.2, 0) is 0 Å². The van der Waals surface area contributed by atoms with Crippen LogP contribution in [0.4, 0.5) is 0 Å². The summed E-state index contributed by atoms with van der Waals surface area (Å²) >= 11 is 0. The fraction of sp³-hybridized carbons (Fsp3) is 0.714. The smallest absolute Gasteiger partial charge is 0.0223 e. The fourth-order valence-electron chi connectivity index (χ4n) is 0.641. The van der Waals surface area contributed by atoms with Gasteiger partial charge >= 0.3 is 0 Å². The Hall–Kier alpha value is -0.300. The van der Waals surface area contributed by atoms with Crippen LogP contribution < -0.4 is 5.73 Å². The highest BCUT2D eigenvalue weighted by Gasteiger charge is 1.98. The minimum absolute atomic E-state index is 0.190. The van der Waals surface area contributed by atoms with Gasteiger partial charge in [0.25, 0.3) is 0 Å². The van der Waals surface area contributed by atoms with Crippen molar-refractivity contribution in [1.29, 1.82) is 0 Å². The van der Waals surface area contributed by atoms with Gasteiger partial charge in [-0.25, -0.2) is 0 Å². The van der Waals surface area contributed by atoms with E-state index in [1.807, 2.05) is 0 Å². The Kier molecular flexibility index (Phi) is 3.53. The summed E-state index contributed by atoms with van der Waals surface area (Å²) in [6.07, 6.45) is 2.84. The van der Waals surface area contributed by atoms with Gasteiger partial charge in [0.15, 0.2) is 0 Å². The lowest BCUT2D eigenvalue weighted by atomic mass is 10.1. The minimum atomic E-state index is 0.190. The second-order valence-corrected chi connectivity index (χ2v) is 2.53. The predicted molar refractivity (Wildman–Crippen MR) is 37.6 cm³/mol. The van der Waals surface area contributed by atoms with E-state index < -0.39 is 0 Å². The van der Waals surface area contributed by atoms with Crippen LogP contribution in [0.5, 0.6) is 0 Å². The first-order valence-corrected chi connectivity index (χ1v) is 3.05. The summed E-state index contributed by atoms with van der Waals surface area (Å²) in [6.45, 7) is 7.90. The Balaban J connectivity index is 3.23. The average molecular weight is 113 g/mol. The van der Waals surface area contributed by atoms with Gasteiger partial charge in [0.1, 0.15) is 0 Å². The Bertz CT molecular complexity index is 66.8. The van der Waals surface area contributed by atoms with Gasteiger partial charge in [-0.2, -0.15) is 0 Å². The fourth-order valence-corrected chi connectivity index (χ4v) is 0.641. The molecular weight excluding hydrogens is 98.1 g/mol. The summed E-state index contributed by atoms with van der Waals surface area (Å²) < 4.78 is 0. The molecule has 0 aliphatic rings. The molecule has 0 rings (SSSR count). The molecule has 0 amide bonds. The van der Waals surface area contributed by atoms with Crippen molar-refractivity contribution in [1.82, 2.24) is 0 Å². The van der Waals surface area contributed by atoms with E-state index in [2.05, 4.69) is 20.4 Å². The molecule has 1 heteroatoms. The monoisotopic (exact) mass is 113 g/mol. The Morgan fingerprint density at radius 2 is 2.12 bits per heavy atom. The summed E-state index contributed by atoms with van der Waals surface area (Å²) in [5.41, 5.74) is 5.56. The van der Waals surface area contributed by atoms with E-state index in [-0.39, 0.29) is 6.04 Å². The summed E-state index contributed by atoms with van der Waals surface area (Å²) in [7, 11) is 0. The molecular formula is C7H15N. The molecule has 0 aliphatic carbocycles. The highest BCUT2D eigenvalue weighted by Crippen LogP contribution is 2.01. The maximum Gasteiger partial charge on any atom is 0.0223 e. The second kappa shape index (κ2) is 3.67. The Morgan fingerprint density at radius 1 is 1.62 bits per heavy atom. The van der Waals surface area contributed by atoms with Crippen LogP contribution in [-0.4, -0.2) is 6.04 Å².